The van der Waals surface area contributed by atoms with Crippen LogP contribution in [0.1, 0.15) is 22.2 Å². The van der Waals surface area contributed by atoms with Crippen LogP contribution >= 0.6 is 11.3 Å². The summed E-state index contributed by atoms with van der Waals surface area (Å²) in [6.45, 7) is 1.95. The maximum Gasteiger partial charge on any atom is 0.344 e. The Hall–Kier alpha value is -3.45. The van der Waals surface area contributed by atoms with Gasteiger partial charge in [-0.2, -0.15) is 0 Å². The molecule has 0 spiro atoms. The summed E-state index contributed by atoms with van der Waals surface area (Å²) in [4.78, 5) is 21.5. The first-order valence-corrected chi connectivity index (χ1v) is 9.54. The fourth-order valence-corrected chi connectivity index (χ4v) is 3.87. The predicted molar refractivity (Wildman–Crippen MR) is 109 cm³/mol. The van der Waals surface area contributed by atoms with E-state index in [0.29, 0.717) is 15.6 Å². The molecular formula is C21H17N3O3S. The van der Waals surface area contributed by atoms with E-state index in [4.69, 9.17) is 4.74 Å². The van der Waals surface area contributed by atoms with Crippen molar-refractivity contribution in [3.05, 3.63) is 75.5 Å². The number of aromatic nitrogens is 1. The molecule has 0 fully saturated rings. The molecule has 2 aromatic heterocycles. The van der Waals surface area contributed by atoms with E-state index in [-0.39, 0.29) is 17.9 Å². The number of rotatable bonds is 5. The largest absolute Gasteiger partial charge is 0.505 e. The van der Waals surface area contributed by atoms with E-state index >= 15 is 0 Å². The van der Waals surface area contributed by atoms with Gasteiger partial charge in [-0.05, 0) is 37.3 Å². The Bertz CT molecular complexity index is 1150. The van der Waals surface area contributed by atoms with Gasteiger partial charge in [0.2, 0.25) is 0 Å². The lowest BCUT2D eigenvalue weighted by molar-refractivity contribution is 0.0525. The molecule has 28 heavy (non-hydrogen) atoms. The van der Waals surface area contributed by atoms with Crippen molar-refractivity contribution < 1.29 is 14.6 Å². The summed E-state index contributed by atoms with van der Waals surface area (Å²) in [7, 11) is 0. The zero-order chi connectivity index (χ0) is 19.5. The van der Waals surface area contributed by atoms with Gasteiger partial charge in [0.15, 0.2) is 0 Å². The highest BCUT2D eigenvalue weighted by Crippen LogP contribution is 2.42. The third-order valence-corrected chi connectivity index (χ3v) is 5.13. The van der Waals surface area contributed by atoms with Gasteiger partial charge in [-0.15, -0.1) is 11.3 Å². The predicted octanol–water partition coefficient (Wildman–Crippen LogP) is 3.22. The molecule has 2 N–H and O–H groups in total. The molecular weight excluding hydrogens is 374 g/mol. The molecule has 1 aliphatic heterocycles. The number of hydrogen-bond donors (Lipinski definition) is 2. The Morgan fingerprint density at radius 2 is 2.11 bits per heavy atom. The number of anilines is 2. The number of pyridine rings is 1. The van der Waals surface area contributed by atoms with Crippen molar-refractivity contribution in [1.29, 1.82) is 0 Å². The Morgan fingerprint density at radius 1 is 1.29 bits per heavy atom. The van der Waals surface area contributed by atoms with E-state index in [9.17, 15) is 9.90 Å². The minimum Gasteiger partial charge on any atom is -0.505 e. The van der Waals surface area contributed by atoms with E-state index < -0.39 is 5.97 Å². The summed E-state index contributed by atoms with van der Waals surface area (Å²) in [6.07, 6.45) is 7.05. The van der Waals surface area contributed by atoms with Crippen LogP contribution in [-0.4, -0.2) is 22.7 Å². The number of nitrogens with one attached hydrogen (secondary N) is 1. The lowest BCUT2D eigenvalue weighted by Crippen LogP contribution is -2.20. The second kappa shape index (κ2) is 7.66. The number of fused-ring (bicyclic) bond motifs is 1. The van der Waals surface area contributed by atoms with Crippen LogP contribution in [0.2, 0.25) is 0 Å². The van der Waals surface area contributed by atoms with Gasteiger partial charge in [0, 0.05) is 17.1 Å². The monoisotopic (exact) mass is 391 g/mol. The zero-order valence-corrected chi connectivity index (χ0v) is 15.9. The van der Waals surface area contributed by atoms with E-state index in [1.54, 1.807) is 25.4 Å². The minimum atomic E-state index is -0.570. The molecule has 1 aliphatic rings. The third kappa shape index (κ3) is 3.52. The van der Waals surface area contributed by atoms with Crippen molar-refractivity contribution in [3.8, 4) is 5.75 Å². The topological polar surface area (TPSA) is 83.8 Å². The lowest BCUT2D eigenvalue weighted by atomic mass is 10.2. The Labute approximate surface area is 165 Å². The number of nitrogens with zero attached hydrogens (tertiary/aromatic N) is 2. The number of hydrogen-bond acceptors (Lipinski definition) is 7. The van der Waals surface area contributed by atoms with Crippen LogP contribution in [0, 0.1) is 0 Å². The quantitative estimate of drug-likeness (QED) is 0.653. The number of aromatic hydroxyl groups is 1. The number of carbonyl (C=O) groups is 1. The van der Waals surface area contributed by atoms with Crippen LogP contribution in [0.5, 0.6) is 5.75 Å². The molecule has 1 aromatic carbocycles. The average molecular weight is 391 g/mol. The number of allylic oxidation sites excluding steroid dienone is 1. The van der Waals surface area contributed by atoms with Crippen molar-refractivity contribution in [2.45, 2.75) is 6.92 Å². The van der Waals surface area contributed by atoms with Crippen LogP contribution in [0.15, 0.2) is 59.5 Å². The second-order valence-corrected chi connectivity index (χ2v) is 7.04. The number of carbonyl (C=O) groups excluding carboxylic acids is 1. The summed E-state index contributed by atoms with van der Waals surface area (Å²) >= 11 is 1.27. The maximum absolute atomic E-state index is 12.4. The lowest BCUT2D eigenvalue weighted by Gasteiger charge is -2.07. The molecule has 4 rings (SSSR count). The van der Waals surface area contributed by atoms with Crippen molar-refractivity contribution in [2.24, 2.45) is 4.99 Å². The molecule has 3 heterocycles. The van der Waals surface area contributed by atoms with Crippen LogP contribution in [0.4, 0.5) is 10.7 Å². The third-order valence-electron chi connectivity index (χ3n) is 4.09. The first-order chi connectivity index (χ1) is 13.7. The normalized spacial score (nSPS) is 13.5. The van der Waals surface area contributed by atoms with Crippen LogP contribution in [0.25, 0.3) is 12.2 Å². The molecule has 0 aliphatic carbocycles. The Balaban J connectivity index is 1.76. The van der Waals surface area contributed by atoms with Gasteiger partial charge in [-0.1, -0.05) is 18.2 Å². The Kier molecular flexibility index (Phi) is 4.90. The fraction of sp³-hybridized carbons (Fsp3) is 0.0952. The smallest absolute Gasteiger partial charge is 0.344 e. The molecule has 0 bridgehead atoms. The van der Waals surface area contributed by atoms with Gasteiger partial charge in [-0.25, -0.2) is 9.79 Å². The van der Waals surface area contributed by atoms with E-state index in [1.165, 1.54) is 11.3 Å². The summed E-state index contributed by atoms with van der Waals surface area (Å²) in [6, 6.07) is 11.3. The fourth-order valence-electron chi connectivity index (χ4n) is 2.82. The standard InChI is InChI=1S/C21H17N3O3S/c1-2-27-21(26)18-19(25)17(28-20(18)24-14-6-4-3-5-7-14)11-15-10-13-8-9-22-12-16(13)23-15/h3-12,24-25H,2H2,1H3. The van der Waals surface area contributed by atoms with Crippen molar-refractivity contribution in [2.75, 3.05) is 11.9 Å². The average Bonchev–Trinajstić information content (AvgIpc) is 3.23. The Morgan fingerprint density at radius 3 is 2.86 bits per heavy atom. The molecule has 0 saturated carbocycles. The number of ether oxygens (including phenoxy) is 1. The van der Waals surface area contributed by atoms with Gasteiger partial charge in [0.05, 0.1) is 28.7 Å². The molecule has 0 radical (unpaired) electrons. The highest BCUT2D eigenvalue weighted by atomic mass is 32.1. The molecule has 3 aromatic rings. The molecule has 7 heteroatoms. The minimum absolute atomic E-state index is 0.118. The molecule has 140 valence electrons. The number of thiophene rings is 1. The summed E-state index contributed by atoms with van der Waals surface area (Å²) in [5, 5.41) is 16.2. The van der Waals surface area contributed by atoms with Crippen LogP contribution in [-0.2, 0) is 4.74 Å². The number of benzene rings is 1. The first kappa shape index (κ1) is 17.9. The SMILES string of the molecule is CCOC(=O)c1c(Nc2ccccc2)sc(C=C2C=c3ccncc3=N2)c1O. The van der Waals surface area contributed by atoms with E-state index in [2.05, 4.69) is 15.3 Å². The van der Waals surface area contributed by atoms with Crippen molar-refractivity contribution in [1.82, 2.24) is 4.98 Å². The van der Waals surface area contributed by atoms with Crippen molar-refractivity contribution in [3.63, 3.8) is 0 Å². The molecule has 0 unspecified atom stereocenters. The van der Waals surface area contributed by atoms with Gasteiger partial charge < -0.3 is 15.2 Å². The van der Waals surface area contributed by atoms with Crippen LogP contribution < -0.4 is 15.9 Å². The molecule has 6 nitrogen and oxygen atoms in total. The maximum atomic E-state index is 12.4. The van der Waals surface area contributed by atoms with Gasteiger partial charge in [0.1, 0.15) is 16.3 Å². The van der Waals surface area contributed by atoms with Gasteiger partial charge in [0.25, 0.3) is 0 Å². The van der Waals surface area contributed by atoms with Crippen molar-refractivity contribution >= 4 is 40.1 Å². The molecule has 0 saturated heterocycles. The van der Waals surface area contributed by atoms with Gasteiger partial charge in [-0.3, -0.25) is 4.98 Å². The zero-order valence-electron chi connectivity index (χ0n) is 15.0. The molecule has 0 atom stereocenters. The highest BCUT2D eigenvalue weighted by Gasteiger charge is 2.24. The molecule has 0 amide bonds. The first-order valence-electron chi connectivity index (χ1n) is 8.73. The summed E-state index contributed by atoms with van der Waals surface area (Å²) in [5.74, 6) is -0.689. The number of para-hydroxylation sites is 1. The second-order valence-electron chi connectivity index (χ2n) is 5.99. The summed E-state index contributed by atoms with van der Waals surface area (Å²) in [5.41, 5.74) is 1.62. The van der Waals surface area contributed by atoms with Gasteiger partial charge >= 0.3 is 5.97 Å². The number of esters is 1. The summed E-state index contributed by atoms with van der Waals surface area (Å²) < 4.78 is 5.13. The van der Waals surface area contributed by atoms with Crippen LogP contribution in [0.3, 0.4) is 0 Å². The van der Waals surface area contributed by atoms with E-state index in [1.807, 2.05) is 42.5 Å². The highest BCUT2D eigenvalue weighted by molar-refractivity contribution is 7.17. The van der Waals surface area contributed by atoms with E-state index in [0.717, 1.165) is 16.3 Å².